The van der Waals surface area contributed by atoms with Gasteiger partial charge in [0.25, 0.3) is 5.56 Å². The summed E-state index contributed by atoms with van der Waals surface area (Å²) < 4.78 is 24.2. The van der Waals surface area contributed by atoms with Crippen LogP contribution in [0.1, 0.15) is 5.69 Å². The Bertz CT molecular complexity index is 1200. The molecule has 0 aromatic carbocycles. The maximum atomic E-state index is 12.6. The van der Waals surface area contributed by atoms with E-state index < -0.39 is 0 Å². The van der Waals surface area contributed by atoms with E-state index in [0.29, 0.717) is 51.0 Å². The Balaban J connectivity index is 1.15. The van der Waals surface area contributed by atoms with Gasteiger partial charge in [0.1, 0.15) is 19.0 Å². The van der Waals surface area contributed by atoms with Crippen LogP contribution in [0.5, 0.6) is 17.2 Å². The second-order valence-corrected chi connectivity index (χ2v) is 8.35. The minimum atomic E-state index is -0.0408. The molecule has 5 rings (SSSR count). The summed E-state index contributed by atoms with van der Waals surface area (Å²) in [7, 11) is 1.60. The second kappa shape index (κ2) is 10.4. The predicted octanol–water partition coefficient (Wildman–Crippen LogP) is 1.06. The number of morpholine rings is 1. The Kier molecular flexibility index (Phi) is 6.89. The fraction of sp³-hybridized carbons (Fsp3) is 0.458. The van der Waals surface area contributed by atoms with E-state index >= 15 is 0 Å². The van der Waals surface area contributed by atoms with Crippen LogP contribution in [0.15, 0.2) is 41.5 Å². The lowest BCUT2D eigenvalue weighted by atomic mass is 10.2. The second-order valence-electron chi connectivity index (χ2n) is 8.35. The lowest BCUT2D eigenvalue weighted by molar-refractivity contribution is -0.0280. The number of ether oxygens (including phenoxy) is 4. The number of aromatic nitrogens is 3. The van der Waals surface area contributed by atoms with Gasteiger partial charge in [-0.15, -0.1) is 0 Å². The van der Waals surface area contributed by atoms with Crippen molar-refractivity contribution in [1.29, 1.82) is 0 Å². The van der Waals surface area contributed by atoms with Crippen molar-refractivity contribution in [2.75, 3.05) is 53.1 Å². The van der Waals surface area contributed by atoms with Crippen molar-refractivity contribution < 1.29 is 18.9 Å². The van der Waals surface area contributed by atoms with Crippen molar-refractivity contribution >= 4 is 11.0 Å². The fourth-order valence-corrected chi connectivity index (χ4v) is 4.29. The summed E-state index contributed by atoms with van der Waals surface area (Å²) in [6.45, 7) is 6.07. The number of hydrogen-bond donors (Lipinski definition) is 1. The number of nitrogens with one attached hydrogen (secondary N) is 1. The number of fused-ring (bicyclic) bond motifs is 2. The summed E-state index contributed by atoms with van der Waals surface area (Å²) in [5.74, 6) is 2.08. The van der Waals surface area contributed by atoms with E-state index in [1.807, 2.05) is 12.1 Å². The van der Waals surface area contributed by atoms with Crippen molar-refractivity contribution in [2.24, 2.45) is 0 Å². The zero-order valence-corrected chi connectivity index (χ0v) is 19.2. The molecule has 34 heavy (non-hydrogen) atoms. The highest BCUT2D eigenvalue weighted by molar-refractivity contribution is 5.75. The zero-order chi connectivity index (χ0) is 23.3. The first kappa shape index (κ1) is 22.6. The van der Waals surface area contributed by atoms with Crippen molar-refractivity contribution in [3.05, 3.63) is 52.7 Å². The first-order chi connectivity index (χ1) is 16.7. The van der Waals surface area contributed by atoms with Gasteiger partial charge in [-0.3, -0.25) is 19.7 Å². The van der Waals surface area contributed by atoms with Gasteiger partial charge in [-0.1, -0.05) is 0 Å². The number of rotatable bonds is 8. The minimum Gasteiger partial charge on any atom is -0.495 e. The molecule has 3 aromatic rings. The lowest BCUT2D eigenvalue weighted by Gasteiger charge is -2.33. The molecule has 0 saturated carbocycles. The number of hydrogen-bond acceptors (Lipinski definition) is 9. The highest BCUT2D eigenvalue weighted by atomic mass is 16.6. The van der Waals surface area contributed by atoms with Gasteiger partial charge in [0, 0.05) is 57.5 Å². The Hall–Kier alpha value is -3.21. The topological polar surface area (TPSA) is 100.0 Å². The van der Waals surface area contributed by atoms with Crippen LogP contribution in [-0.2, 0) is 17.8 Å². The Labute approximate surface area is 197 Å². The van der Waals surface area contributed by atoms with Crippen LogP contribution in [0, 0.1) is 0 Å². The number of nitrogens with zero attached hydrogens (tertiary/aromatic N) is 4. The summed E-state index contributed by atoms with van der Waals surface area (Å²) in [5, 5.41) is 3.43. The molecule has 10 nitrogen and oxygen atoms in total. The standard InChI is InChI=1S/C24H29N5O5/c1-31-18-11-21-20(27-14-18)2-3-24(30)29(21)5-4-28-6-7-32-19(16-28)13-25-12-17-10-22-23(15-26-17)34-9-8-33-22/h2-3,10-11,14-15,19,25H,4-9,12-13,16H2,1H3. The van der Waals surface area contributed by atoms with Crippen LogP contribution in [0.2, 0.25) is 0 Å². The van der Waals surface area contributed by atoms with E-state index in [-0.39, 0.29) is 11.7 Å². The van der Waals surface area contributed by atoms with Gasteiger partial charge in [-0.25, -0.2) is 0 Å². The first-order valence-corrected chi connectivity index (χ1v) is 11.5. The van der Waals surface area contributed by atoms with E-state index in [2.05, 4.69) is 20.2 Å². The molecule has 2 aliphatic heterocycles. The maximum absolute atomic E-state index is 12.6. The molecule has 180 valence electrons. The van der Waals surface area contributed by atoms with Gasteiger partial charge < -0.3 is 28.8 Å². The SMILES string of the molecule is COc1cnc2ccc(=O)n(CCN3CCOC(CNCc4cc5c(cn4)OCCO5)C3)c2c1. The molecule has 0 amide bonds. The van der Waals surface area contributed by atoms with Crippen LogP contribution >= 0.6 is 0 Å². The van der Waals surface area contributed by atoms with Crippen molar-refractivity contribution in [1.82, 2.24) is 24.8 Å². The van der Waals surface area contributed by atoms with Gasteiger partial charge in [-0.05, 0) is 6.07 Å². The quantitative estimate of drug-likeness (QED) is 0.521. The van der Waals surface area contributed by atoms with Gasteiger partial charge in [0.15, 0.2) is 11.5 Å². The molecule has 1 unspecified atom stereocenters. The third kappa shape index (κ3) is 5.14. The average Bonchev–Trinajstić information content (AvgIpc) is 2.88. The number of methoxy groups -OCH3 is 1. The fourth-order valence-electron chi connectivity index (χ4n) is 4.29. The molecule has 0 spiro atoms. The minimum absolute atomic E-state index is 0.0408. The molecule has 5 heterocycles. The molecule has 0 radical (unpaired) electrons. The monoisotopic (exact) mass is 467 g/mol. The molecule has 10 heteroatoms. The van der Waals surface area contributed by atoms with Crippen LogP contribution in [0.25, 0.3) is 11.0 Å². The molecular weight excluding hydrogens is 438 g/mol. The van der Waals surface area contributed by atoms with Crippen molar-refractivity contribution in [3.8, 4) is 17.2 Å². The smallest absolute Gasteiger partial charge is 0.251 e. The maximum Gasteiger partial charge on any atom is 0.251 e. The van der Waals surface area contributed by atoms with Crippen molar-refractivity contribution in [2.45, 2.75) is 19.2 Å². The largest absolute Gasteiger partial charge is 0.495 e. The summed E-state index contributed by atoms with van der Waals surface area (Å²) in [4.78, 5) is 23.7. The van der Waals surface area contributed by atoms with Gasteiger partial charge in [-0.2, -0.15) is 0 Å². The van der Waals surface area contributed by atoms with Crippen molar-refractivity contribution in [3.63, 3.8) is 0 Å². The molecular formula is C24H29N5O5. The highest BCUT2D eigenvalue weighted by Gasteiger charge is 2.21. The van der Waals surface area contributed by atoms with Gasteiger partial charge in [0.2, 0.25) is 0 Å². The molecule has 3 aromatic heterocycles. The van der Waals surface area contributed by atoms with Crippen LogP contribution < -0.4 is 25.1 Å². The van der Waals surface area contributed by atoms with Gasteiger partial charge >= 0.3 is 0 Å². The lowest BCUT2D eigenvalue weighted by Crippen LogP contribution is -2.47. The Morgan fingerprint density at radius 1 is 1.09 bits per heavy atom. The first-order valence-electron chi connectivity index (χ1n) is 11.5. The molecule has 0 bridgehead atoms. The highest BCUT2D eigenvalue weighted by Crippen LogP contribution is 2.29. The van der Waals surface area contributed by atoms with Crippen LogP contribution in [0.4, 0.5) is 0 Å². The third-order valence-electron chi connectivity index (χ3n) is 6.08. The average molecular weight is 468 g/mol. The predicted molar refractivity (Wildman–Crippen MR) is 126 cm³/mol. The molecule has 1 saturated heterocycles. The van der Waals surface area contributed by atoms with Crippen LogP contribution in [0.3, 0.4) is 0 Å². The number of pyridine rings is 3. The van der Waals surface area contributed by atoms with Gasteiger partial charge in [0.05, 0.1) is 48.9 Å². The molecule has 0 aliphatic carbocycles. The summed E-state index contributed by atoms with van der Waals surface area (Å²) in [6, 6.07) is 7.10. The summed E-state index contributed by atoms with van der Waals surface area (Å²) >= 11 is 0. The molecule has 1 N–H and O–H groups in total. The summed E-state index contributed by atoms with van der Waals surface area (Å²) in [6.07, 6.45) is 3.44. The third-order valence-corrected chi connectivity index (χ3v) is 6.08. The Morgan fingerprint density at radius 2 is 1.97 bits per heavy atom. The molecule has 1 atom stereocenters. The molecule has 2 aliphatic rings. The zero-order valence-electron chi connectivity index (χ0n) is 19.2. The van der Waals surface area contributed by atoms with E-state index in [1.165, 1.54) is 0 Å². The Morgan fingerprint density at radius 3 is 2.85 bits per heavy atom. The normalized spacial score (nSPS) is 18.2. The van der Waals surface area contributed by atoms with E-state index in [9.17, 15) is 4.79 Å². The molecule has 1 fully saturated rings. The van der Waals surface area contributed by atoms with E-state index in [1.54, 1.807) is 36.2 Å². The van der Waals surface area contributed by atoms with Crippen LogP contribution in [-0.4, -0.2) is 78.6 Å². The van der Waals surface area contributed by atoms with E-state index in [0.717, 1.165) is 42.1 Å². The van der Waals surface area contributed by atoms with E-state index in [4.69, 9.17) is 18.9 Å². The summed E-state index contributed by atoms with van der Waals surface area (Å²) in [5.41, 5.74) is 2.42.